The molecule has 0 fully saturated rings. The summed E-state index contributed by atoms with van der Waals surface area (Å²) >= 11 is 1.28. The molecule has 1 amide bonds. The maximum Gasteiger partial charge on any atom is 0.262 e. The van der Waals surface area contributed by atoms with E-state index in [0.29, 0.717) is 46.5 Å². The van der Waals surface area contributed by atoms with E-state index < -0.39 is 0 Å². The molecule has 3 heterocycles. The molecule has 2 aromatic heterocycles. The summed E-state index contributed by atoms with van der Waals surface area (Å²) in [6.07, 6.45) is -0.240. The molecule has 4 aromatic rings. The highest BCUT2D eigenvalue weighted by atomic mass is 32.2. The van der Waals surface area contributed by atoms with Crippen LogP contribution in [0.3, 0.4) is 0 Å². The third-order valence-electron chi connectivity index (χ3n) is 5.39. The molecule has 0 spiro atoms. The van der Waals surface area contributed by atoms with Crippen molar-refractivity contribution < 1.29 is 14.3 Å². The highest BCUT2D eigenvalue weighted by molar-refractivity contribution is 7.99. The second-order valence-electron chi connectivity index (χ2n) is 7.56. The van der Waals surface area contributed by atoms with E-state index in [2.05, 4.69) is 10.2 Å². The minimum absolute atomic E-state index is 0.0664. The molecule has 0 bridgehead atoms. The molecule has 0 saturated heterocycles. The van der Waals surface area contributed by atoms with Crippen molar-refractivity contribution in [2.24, 2.45) is 7.05 Å². The zero-order valence-electron chi connectivity index (χ0n) is 17.6. The van der Waals surface area contributed by atoms with Gasteiger partial charge in [-0.1, -0.05) is 36.0 Å². The fourth-order valence-corrected chi connectivity index (χ4v) is 4.58. The van der Waals surface area contributed by atoms with Gasteiger partial charge in [0, 0.05) is 14.1 Å². The average Bonchev–Trinajstić information content (AvgIpc) is 3.25. The van der Waals surface area contributed by atoms with E-state index in [1.165, 1.54) is 16.3 Å². The molecule has 0 unspecified atom stereocenters. The molecule has 32 heavy (non-hydrogen) atoms. The average molecular weight is 452 g/mol. The van der Waals surface area contributed by atoms with Crippen LogP contribution in [0.2, 0.25) is 0 Å². The summed E-state index contributed by atoms with van der Waals surface area (Å²) < 4.78 is 14.9. The number of rotatable bonds is 5. The number of hydrogen-bond acceptors (Lipinski definition) is 7. The molecule has 1 aliphatic heterocycles. The van der Waals surface area contributed by atoms with Crippen LogP contribution in [0.5, 0.6) is 11.5 Å². The predicted molar refractivity (Wildman–Crippen MR) is 120 cm³/mol. The fourth-order valence-electron chi connectivity index (χ4n) is 3.70. The van der Waals surface area contributed by atoms with Gasteiger partial charge in [-0.05, 0) is 24.3 Å². The van der Waals surface area contributed by atoms with Gasteiger partial charge in [0.2, 0.25) is 11.7 Å². The Morgan fingerprint density at radius 1 is 1.16 bits per heavy atom. The number of fused-ring (bicyclic) bond motifs is 4. The van der Waals surface area contributed by atoms with Crippen molar-refractivity contribution >= 4 is 34.3 Å². The van der Waals surface area contributed by atoms with Crippen LogP contribution in [-0.4, -0.2) is 62.0 Å². The molecule has 1 aliphatic rings. The lowest BCUT2D eigenvalue weighted by atomic mass is 10.2. The van der Waals surface area contributed by atoms with Crippen LogP contribution in [0.25, 0.3) is 16.7 Å². The van der Waals surface area contributed by atoms with Gasteiger partial charge < -0.3 is 14.4 Å². The lowest BCUT2D eigenvalue weighted by molar-refractivity contribution is -0.128. The molecule has 0 radical (unpaired) electrons. The predicted octanol–water partition coefficient (Wildman–Crippen LogP) is 1.97. The first-order chi connectivity index (χ1) is 15.5. The van der Waals surface area contributed by atoms with Crippen molar-refractivity contribution in [2.45, 2.75) is 11.3 Å². The van der Waals surface area contributed by atoms with Gasteiger partial charge in [-0.2, -0.15) is 0 Å². The molecule has 164 valence electrons. The Labute approximate surface area is 187 Å². The van der Waals surface area contributed by atoms with E-state index in [1.54, 1.807) is 25.1 Å². The minimum Gasteiger partial charge on any atom is -0.486 e. The summed E-state index contributed by atoms with van der Waals surface area (Å²) in [7, 11) is 3.41. The Hall–Kier alpha value is -3.53. The number of carbonyl (C=O) groups excluding carboxylic acids is 1. The van der Waals surface area contributed by atoms with E-state index in [1.807, 2.05) is 46.9 Å². The molecule has 10 heteroatoms. The van der Waals surface area contributed by atoms with Crippen LogP contribution in [0.1, 0.15) is 0 Å². The van der Waals surface area contributed by atoms with Crippen molar-refractivity contribution in [1.29, 1.82) is 0 Å². The molecule has 0 aliphatic carbocycles. The van der Waals surface area contributed by atoms with Crippen LogP contribution in [-0.2, 0) is 11.8 Å². The smallest absolute Gasteiger partial charge is 0.262 e. The Bertz CT molecular complexity index is 1380. The molecule has 1 atom stereocenters. The summed E-state index contributed by atoms with van der Waals surface area (Å²) in [4.78, 5) is 27.0. The van der Waals surface area contributed by atoms with Crippen LogP contribution in [0, 0.1) is 0 Å². The fraction of sp³-hybridized carbons (Fsp3) is 0.273. The van der Waals surface area contributed by atoms with E-state index in [9.17, 15) is 9.59 Å². The Balaban J connectivity index is 1.30. The maximum atomic E-state index is 12.8. The number of aromatic nitrogens is 4. The Morgan fingerprint density at radius 2 is 1.91 bits per heavy atom. The van der Waals surface area contributed by atoms with Crippen LogP contribution < -0.4 is 15.0 Å². The highest BCUT2D eigenvalue weighted by Crippen LogP contribution is 2.31. The summed E-state index contributed by atoms with van der Waals surface area (Å²) in [6, 6.07) is 14.8. The van der Waals surface area contributed by atoms with Crippen molar-refractivity contribution in [3.63, 3.8) is 0 Å². The normalized spacial score (nSPS) is 15.2. The SMILES string of the molecule is CN(C[C@@H]1COc2ccccc2O1)C(=O)CSc1nnc2n(C)c(=O)c3ccccc3n12. The summed E-state index contributed by atoms with van der Waals surface area (Å²) in [5.41, 5.74) is 0.578. The number of aryl methyl sites for hydroxylation is 1. The second kappa shape index (κ2) is 8.19. The van der Waals surface area contributed by atoms with Crippen LogP contribution in [0.15, 0.2) is 58.5 Å². The number of nitrogens with zero attached hydrogens (tertiary/aromatic N) is 5. The first-order valence-electron chi connectivity index (χ1n) is 10.1. The number of likely N-dealkylation sites (N-methyl/N-ethyl adjacent to an activating group) is 1. The number of thioether (sulfide) groups is 1. The molecule has 0 saturated carbocycles. The topological polar surface area (TPSA) is 91.0 Å². The van der Waals surface area contributed by atoms with Crippen molar-refractivity contribution in [2.75, 3.05) is 26.0 Å². The van der Waals surface area contributed by atoms with Gasteiger partial charge >= 0.3 is 0 Å². The number of carbonyl (C=O) groups is 1. The monoisotopic (exact) mass is 451 g/mol. The number of amides is 1. The zero-order valence-corrected chi connectivity index (χ0v) is 18.4. The van der Waals surface area contributed by atoms with Crippen LogP contribution >= 0.6 is 11.8 Å². The number of hydrogen-bond donors (Lipinski definition) is 0. The Morgan fingerprint density at radius 3 is 2.75 bits per heavy atom. The molecule has 9 nitrogen and oxygen atoms in total. The molecule has 0 N–H and O–H groups in total. The summed E-state index contributed by atoms with van der Waals surface area (Å²) in [6.45, 7) is 0.794. The molecular formula is C22H21N5O4S. The standard InChI is InChI=1S/C22H21N5O4S/c1-25(11-14-12-30-17-9-5-6-10-18(17)31-14)19(28)13-32-22-24-23-21-26(2)20(29)15-7-3-4-8-16(15)27(21)22/h3-10,14H,11-13H2,1-2H3/t14-/m1/s1. The maximum absolute atomic E-state index is 12.8. The third kappa shape index (κ3) is 3.56. The lowest BCUT2D eigenvalue weighted by Gasteiger charge is -2.29. The van der Waals surface area contributed by atoms with Gasteiger partial charge in [-0.15, -0.1) is 10.2 Å². The van der Waals surface area contributed by atoms with Crippen LogP contribution in [0.4, 0.5) is 0 Å². The molecule has 5 rings (SSSR count). The molecule has 2 aromatic carbocycles. The number of para-hydroxylation sites is 3. The van der Waals surface area contributed by atoms with Gasteiger partial charge in [0.25, 0.3) is 5.56 Å². The highest BCUT2D eigenvalue weighted by Gasteiger charge is 2.24. The first kappa shape index (κ1) is 20.4. The second-order valence-corrected chi connectivity index (χ2v) is 8.50. The van der Waals surface area contributed by atoms with Crippen molar-refractivity contribution in [1.82, 2.24) is 24.1 Å². The van der Waals surface area contributed by atoms with Gasteiger partial charge in [0.05, 0.1) is 23.2 Å². The van der Waals surface area contributed by atoms with Gasteiger partial charge in [-0.25, -0.2) is 0 Å². The van der Waals surface area contributed by atoms with Crippen molar-refractivity contribution in [3.05, 3.63) is 58.9 Å². The molecular weight excluding hydrogens is 430 g/mol. The van der Waals surface area contributed by atoms with E-state index in [4.69, 9.17) is 9.47 Å². The quantitative estimate of drug-likeness (QED) is 0.429. The number of ether oxygens (including phenoxy) is 2. The van der Waals surface area contributed by atoms with Gasteiger partial charge in [0.1, 0.15) is 6.61 Å². The lowest BCUT2D eigenvalue weighted by Crippen LogP contribution is -2.42. The zero-order chi connectivity index (χ0) is 22.2. The van der Waals surface area contributed by atoms with Crippen molar-refractivity contribution in [3.8, 4) is 11.5 Å². The summed E-state index contributed by atoms with van der Waals surface area (Å²) in [5.74, 6) is 1.95. The van der Waals surface area contributed by atoms with E-state index in [0.717, 1.165) is 0 Å². The third-order valence-corrected chi connectivity index (χ3v) is 6.31. The minimum atomic E-state index is -0.240. The van der Waals surface area contributed by atoms with Gasteiger partial charge in [0.15, 0.2) is 22.8 Å². The van der Waals surface area contributed by atoms with E-state index >= 15 is 0 Å². The largest absolute Gasteiger partial charge is 0.486 e. The van der Waals surface area contributed by atoms with Gasteiger partial charge in [-0.3, -0.25) is 18.6 Å². The van der Waals surface area contributed by atoms with E-state index in [-0.39, 0.29) is 23.3 Å². The number of benzene rings is 2. The summed E-state index contributed by atoms with van der Waals surface area (Å²) in [5, 5.41) is 9.51. The first-order valence-corrected chi connectivity index (χ1v) is 11.1. The Kier molecular flexibility index (Phi) is 5.22.